The van der Waals surface area contributed by atoms with Crippen LogP contribution >= 0.6 is 0 Å². The summed E-state index contributed by atoms with van der Waals surface area (Å²) < 4.78 is 0. The average molecular weight is 225 g/mol. The van der Waals surface area contributed by atoms with E-state index in [1.807, 2.05) is 0 Å². The number of ketones is 1. The number of nitrogens with zero attached hydrogens (tertiary/aromatic N) is 1. The van der Waals surface area contributed by atoms with Crippen LogP contribution in [-0.4, -0.2) is 29.7 Å². The molecule has 16 heavy (non-hydrogen) atoms. The van der Waals surface area contributed by atoms with Crippen molar-refractivity contribution in [2.45, 2.75) is 47.0 Å². The fraction of sp³-hybridized carbons (Fsp3) is 0.846. The third-order valence-corrected chi connectivity index (χ3v) is 3.45. The van der Waals surface area contributed by atoms with E-state index in [2.05, 4.69) is 20.8 Å². The van der Waals surface area contributed by atoms with Crippen molar-refractivity contribution in [2.75, 3.05) is 13.1 Å². The Kier molecular flexibility index (Phi) is 4.11. The SMILES string of the molecule is CC(=O)CN1CCC(C(C)(C)C)CCC1=O. The molecule has 0 bridgehead atoms. The summed E-state index contributed by atoms with van der Waals surface area (Å²) in [5.74, 6) is 0.790. The molecule has 1 rings (SSSR count). The summed E-state index contributed by atoms with van der Waals surface area (Å²) in [6.45, 7) is 9.24. The molecule has 3 nitrogen and oxygen atoms in total. The minimum Gasteiger partial charge on any atom is -0.335 e. The summed E-state index contributed by atoms with van der Waals surface area (Å²) in [7, 11) is 0. The molecule has 0 aromatic carbocycles. The smallest absolute Gasteiger partial charge is 0.222 e. The van der Waals surface area contributed by atoms with Crippen LogP contribution in [0.5, 0.6) is 0 Å². The second-order valence-corrected chi connectivity index (χ2v) is 5.91. The van der Waals surface area contributed by atoms with Gasteiger partial charge in [0.05, 0.1) is 6.54 Å². The highest BCUT2D eigenvalue weighted by atomic mass is 16.2. The number of rotatable bonds is 2. The van der Waals surface area contributed by atoms with Crippen molar-refractivity contribution in [3.05, 3.63) is 0 Å². The molecule has 1 amide bonds. The van der Waals surface area contributed by atoms with Crippen molar-refractivity contribution in [1.82, 2.24) is 4.90 Å². The van der Waals surface area contributed by atoms with Gasteiger partial charge in [0.2, 0.25) is 5.91 Å². The van der Waals surface area contributed by atoms with Crippen molar-refractivity contribution in [3.63, 3.8) is 0 Å². The maximum absolute atomic E-state index is 11.8. The summed E-state index contributed by atoms with van der Waals surface area (Å²) in [5.41, 5.74) is 0.256. The monoisotopic (exact) mass is 225 g/mol. The summed E-state index contributed by atoms with van der Waals surface area (Å²) in [6, 6.07) is 0. The van der Waals surface area contributed by atoms with Crippen molar-refractivity contribution in [3.8, 4) is 0 Å². The van der Waals surface area contributed by atoms with E-state index >= 15 is 0 Å². The average Bonchev–Trinajstić information content (AvgIpc) is 2.28. The largest absolute Gasteiger partial charge is 0.335 e. The van der Waals surface area contributed by atoms with E-state index in [0.717, 1.165) is 19.4 Å². The molecule has 0 spiro atoms. The predicted molar refractivity (Wildman–Crippen MR) is 64.1 cm³/mol. The molecule has 3 heteroatoms. The fourth-order valence-corrected chi connectivity index (χ4v) is 2.34. The van der Waals surface area contributed by atoms with E-state index in [-0.39, 0.29) is 23.7 Å². The van der Waals surface area contributed by atoms with E-state index in [1.165, 1.54) is 0 Å². The summed E-state index contributed by atoms with van der Waals surface area (Å²) in [5, 5.41) is 0. The van der Waals surface area contributed by atoms with Crippen LogP contribution in [0.4, 0.5) is 0 Å². The van der Waals surface area contributed by atoms with Crippen LogP contribution < -0.4 is 0 Å². The van der Waals surface area contributed by atoms with Gasteiger partial charge in [0.15, 0.2) is 0 Å². The first-order valence-corrected chi connectivity index (χ1v) is 6.08. The molecule has 0 aliphatic carbocycles. The zero-order chi connectivity index (χ0) is 12.3. The molecule has 1 unspecified atom stereocenters. The summed E-state index contributed by atoms with van der Waals surface area (Å²) >= 11 is 0. The fourth-order valence-electron chi connectivity index (χ4n) is 2.34. The first kappa shape index (κ1) is 13.2. The lowest BCUT2D eigenvalue weighted by Gasteiger charge is -2.29. The number of likely N-dealkylation sites (tertiary alicyclic amines) is 1. The Bertz CT molecular complexity index is 278. The predicted octanol–water partition coefficient (Wildman–Crippen LogP) is 2.25. The van der Waals surface area contributed by atoms with Gasteiger partial charge in [-0.05, 0) is 31.1 Å². The quantitative estimate of drug-likeness (QED) is 0.723. The molecule has 0 aromatic heterocycles. The van der Waals surface area contributed by atoms with Gasteiger partial charge in [-0.2, -0.15) is 0 Å². The summed E-state index contributed by atoms with van der Waals surface area (Å²) in [4.78, 5) is 24.6. The summed E-state index contributed by atoms with van der Waals surface area (Å²) in [6.07, 6.45) is 2.56. The molecular formula is C13H23NO2. The Hall–Kier alpha value is -0.860. The van der Waals surface area contributed by atoms with E-state index in [4.69, 9.17) is 0 Å². The van der Waals surface area contributed by atoms with Crippen LogP contribution in [0.1, 0.15) is 47.0 Å². The van der Waals surface area contributed by atoms with E-state index in [0.29, 0.717) is 12.3 Å². The Morgan fingerprint density at radius 1 is 1.38 bits per heavy atom. The van der Waals surface area contributed by atoms with Gasteiger partial charge in [-0.25, -0.2) is 0 Å². The molecule has 0 aromatic rings. The second kappa shape index (κ2) is 4.98. The van der Waals surface area contributed by atoms with Crippen LogP contribution in [0.25, 0.3) is 0 Å². The molecule has 1 aliphatic rings. The molecule has 0 saturated carbocycles. The molecule has 92 valence electrons. The Labute approximate surface area is 98.2 Å². The maximum atomic E-state index is 11.8. The van der Waals surface area contributed by atoms with Gasteiger partial charge in [-0.15, -0.1) is 0 Å². The van der Waals surface area contributed by atoms with Gasteiger partial charge in [0.1, 0.15) is 5.78 Å². The van der Waals surface area contributed by atoms with Crippen molar-refractivity contribution in [2.24, 2.45) is 11.3 Å². The molecular weight excluding hydrogens is 202 g/mol. The highest BCUT2D eigenvalue weighted by molar-refractivity contribution is 5.84. The molecule has 1 atom stereocenters. The molecule has 1 aliphatic heterocycles. The van der Waals surface area contributed by atoms with Gasteiger partial charge < -0.3 is 4.90 Å². The first-order valence-electron chi connectivity index (χ1n) is 6.08. The lowest BCUT2D eigenvalue weighted by molar-refractivity contribution is -0.134. The third kappa shape index (κ3) is 3.62. The van der Waals surface area contributed by atoms with Gasteiger partial charge in [0, 0.05) is 13.0 Å². The van der Waals surface area contributed by atoms with Crippen LogP contribution in [0, 0.1) is 11.3 Å². The number of hydrogen-bond donors (Lipinski definition) is 0. The Morgan fingerprint density at radius 3 is 2.50 bits per heavy atom. The van der Waals surface area contributed by atoms with Gasteiger partial charge in [0.25, 0.3) is 0 Å². The van der Waals surface area contributed by atoms with Crippen LogP contribution in [-0.2, 0) is 9.59 Å². The Balaban J connectivity index is 2.62. The second-order valence-electron chi connectivity index (χ2n) is 5.91. The zero-order valence-electron chi connectivity index (χ0n) is 10.9. The zero-order valence-corrected chi connectivity index (χ0v) is 10.9. The highest BCUT2D eigenvalue weighted by Crippen LogP contribution is 2.34. The molecule has 1 fully saturated rings. The minimum atomic E-state index is 0.0718. The number of Topliss-reactive ketones (excluding diaryl/α,β-unsaturated/α-hetero) is 1. The van der Waals surface area contributed by atoms with E-state index in [1.54, 1.807) is 11.8 Å². The van der Waals surface area contributed by atoms with Gasteiger partial charge in [-0.1, -0.05) is 20.8 Å². The molecule has 0 N–H and O–H groups in total. The normalized spacial score (nSPS) is 23.1. The number of carbonyl (C=O) groups is 2. The van der Waals surface area contributed by atoms with E-state index in [9.17, 15) is 9.59 Å². The lowest BCUT2D eigenvalue weighted by atomic mass is 9.77. The minimum absolute atomic E-state index is 0.0718. The standard InChI is InChI=1S/C13H23NO2/c1-10(15)9-14-8-7-11(13(2,3)4)5-6-12(14)16/h11H,5-9H2,1-4H3. The topological polar surface area (TPSA) is 37.4 Å². The number of hydrogen-bond acceptors (Lipinski definition) is 2. The van der Waals surface area contributed by atoms with Crippen LogP contribution in [0.15, 0.2) is 0 Å². The van der Waals surface area contributed by atoms with Crippen molar-refractivity contribution < 1.29 is 9.59 Å². The number of amides is 1. The van der Waals surface area contributed by atoms with Crippen molar-refractivity contribution >= 4 is 11.7 Å². The van der Waals surface area contributed by atoms with Gasteiger partial charge >= 0.3 is 0 Å². The Morgan fingerprint density at radius 2 is 2.00 bits per heavy atom. The third-order valence-electron chi connectivity index (χ3n) is 3.45. The lowest BCUT2D eigenvalue weighted by Crippen LogP contribution is -2.34. The molecule has 1 heterocycles. The van der Waals surface area contributed by atoms with E-state index < -0.39 is 0 Å². The first-order chi connectivity index (χ1) is 7.30. The maximum Gasteiger partial charge on any atom is 0.222 e. The molecule has 0 radical (unpaired) electrons. The highest BCUT2D eigenvalue weighted by Gasteiger charge is 2.29. The number of carbonyl (C=O) groups excluding carboxylic acids is 2. The van der Waals surface area contributed by atoms with Crippen molar-refractivity contribution in [1.29, 1.82) is 0 Å². The van der Waals surface area contributed by atoms with Crippen LogP contribution in [0.2, 0.25) is 0 Å². The van der Waals surface area contributed by atoms with Gasteiger partial charge in [-0.3, -0.25) is 9.59 Å². The molecule has 1 saturated heterocycles. The van der Waals surface area contributed by atoms with Crippen LogP contribution in [0.3, 0.4) is 0 Å².